The maximum absolute atomic E-state index is 12.8. The second kappa shape index (κ2) is 8.53. The van der Waals surface area contributed by atoms with Gasteiger partial charge in [-0.3, -0.25) is 9.59 Å². The first-order valence-corrected chi connectivity index (χ1v) is 11.2. The van der Waals surface area contributed by atoms with E-state index in [-0.39, 0.29) is 17.7 Å². The summed E-state index contributed by atoms with van der Waals surface area (Å²) >= 11 is 1.72. The van der Waals surface area contributed by atoms with Gasteiger partial charge < -0.3 is 15.1 Å². The van der Waals surface area contributed by atoms with Crippen LogP contribution in [0.5, 0.6) is 0 Å². The van der Waals surface area contributed by atoms with E-state index in [2.05, 4.69) is 10.2 Å². The quantitative estimate of drug-likeness (QED) is 0.837. The monoisotopic (exact) mass is 412 g/mol. The van der Waals surface area contributed by atoms with Crippen molar-refractivity contribution >= 4 is 34.0 Å². The molecular formula is C22H28N4O2S. The minimum Gasteiger partial charge on any atom is -0.345 e. The van der Waals surface area contributed by atoms with Crippen LogP contribution in [0.25, 0.3) is 0 Å². The number of hydrogen-bond acceptors (Lipinski definition) is 5. The number of benzene rings is 1. The normalized spacial score (nSPS) is 19.0. The molecule has 1 aliphatic carbocycles. The fraction of sp³-hybridized carbons (Fsp3) is 0.500. The first-order valence-electron chi connectivity index (χ1n) is 10.4. The van der Waals surface area contributed by atoms with Crippen LogP contribution in [-0.4, -0.2) is 47.9 Å². The van der Waals surface area contributed by atoms with Gasteiger partial charge >= 0.3 is 0 Å². The molecule has 0 spiro atoms. The Kier molecular flexibility index (Phi) is 5.85. The lowest BCUT2D eigenvalue weighted by Crippen LogP contribution is -2.48. The molecule has 1 aromatic carbocycles. The molecule has 2 amide bonds. The fourth-order valence-electron chi connectivity index (χ4n) is 4.04. The zero-order valence-electron chi connectivity index (χ0n) is 17.1. The van der Waals surface area contributed by atoms with Crippen molar-refractivity contribution in [2.24, 2.45) is 5.92 Å². The van der Waals surface area contributed by atoms with Crippen LogP contribution in [0.2, 0.25) is 0 Å². The van der Waals surface area contributed by atoms with E-state index >= 15 is 0 Å². The largest absolute Gasteiger partial charge is 0.345 e. The Hall–Kier alpha value is -2.41. The number of piperazine rings is 1. The number of nitrogens with zero attached hydrogens (tertiary/aromatic N) is 3. The van der Waals surface area contributed by atoms with Crippen LogP contribution >= 0.6 is 11.3 Å². The summed E-state index contributed by atoms with van der Waals surface area (Å²) in [5, 5.41) is 4.14. The van der Waals surface area contributed by atoms with Crippen LogP contribution in [0.15, 0.2) is 24.3 Å². The molecule has 1 aromatic heterocycles. The summed E-state index contributed by atoms with van der Waals surface area (Å²) in [6.07, 6.45) is 3.02. The van der Waals surface area contributed by atoms with Crippen LogP contribution in [-0.2, 0) is 22.4 Å². The van der Waals surface area contributed by atoms with E-state index in [1.807, 2.05) is 43.0 Å². The molecule has 0 bridgehead atoms. The molecule has 0 radical (unpaired) electrons. The highest BCUT2D eigenvalue weighted by Crippen LogP contribution is 2.35. The van der Waals surface area contributed by atoms with Crippen LogP contribution in [0.1, 0.15) is 35.9 Å². The van der Waals surface area contributed by atoms with Crippen molar-refractivity contribution in [3.05, 3.63) is 40.4 Å². The van der Waals surface area contributed by atoms with Crippen molar-refractivity contribution in [1.29, 1.82) is 0 Å². The fourth-order valence-corrected chi connectivity index (χ4v) is 5.28. The van der Waals surface area contributed by atoms with Gasteiger partial charge in [0.15, 0.2) is 5.13 Å². The summed E-state index contributed by atoms with van der Waals surface area (Å²) in [6.45, 7) is 7.11. The van der Waals surface area contributed by atoms with Gasteiger partial charge in [-0.1, -0.05) is 25.1 Å². The van der Waals surface area contributed by atoms with Crippen molar-refractivity contribution in [2.45, 2.75) is 39.5 Å². The zero-order chi connectivity index (χ0) is 20.4. The number of thiazole rings is 1. The zero-order valence-corrected chi connectivity index (χ0v) is 17.9. The summed E-state index contributed by atoms with van der Waals surface area (Å²) in [6, 6.07) is 7.90. The van der Waals surface area contributed by atoms with E-state index in [0.29, 0.717) is 6.42 Å². The number of aromatic nitrogens is 1. The smallest absolute Gasteiger partial charge is 0.227 e. The third kappa shape index (κ3) is 4.29. The van der Waals surface area contributed by atoms with Gasteiger partial charge in [0.1, 0.15) is 0 Å². The molecule has 2 aliphatic rings. The van der Waals surface area contributed by atoms with Crippen LogP contribution < -0.4 is 10.2 Å². The second-order valence-corrected chi connectivity index (χ2v) is 8.89. The maximum Gasteiger partial charge on any atom is 0.227 e. The maximum atomic E-state index is 12.8. The van der Waals surface area contributed by atoms with Gasteiger partial charge in [-0.25, -0.2) is 4.98 Å². The lowest BCUT2D eigenvalue weighted by atomic mass is 9.90. The van der Waals surface area contributed by atoms with Crippen molar-refractivity contribution in [1.82, 2.24) is 9.88 Å². The Morgan fingerprint density at radius 1 is 1.21 bits per heavy atom. The van der Waals surface area contributed by atoms with Gasteiger partial charge in [-0.2, -0.15) is 0 Å². The number of fused-ring (bicyclic) bond motifs is 1. The van der Waals surface area contributed by atoms with E-state index in [9.17, 15) is 9.59 Å². The molecule has 6 nitrogen and oxygen atoms in total. The van der Waals surface area contributed by atoms with Crippen molar-refractivity contribution in [3.8, 4) is 0 Å². The molecule has 1 saturated heterocycles. The molecule has 154 valence electrons. The molecular weight excluding hydrogens is 384 g/mol. The van der Waals surface area contributed by atoms with E-state index in [4.69, 9.17) is 4.98 Å². The molecule has 0 saturated carbocycles. The number of para-hydroxylation sites is 1. The Morgan fingerprint density at radius 2 is 1.97 bits per heavy atom. The number of anilines is 2. The highest BCUT2D eigenvalue weighted by atomic mass is 32.1. The molecule has 1 fully saturated rings. The van der Waals surface area contributed by atoms with E-state index in [0.717, 1.165) is 67.5 Å². The Bertz CT molecular complexity index is 902. The lowest BCUT2D eigenvalue weighted by molar-refractivity contribution is -0.131. The number of nitrogens with one attached hydrogen (secondary N) is 1. The summed E-state index contributed by atoms with van der Waals surface area (Å²) in [7, 11) is 0. The SMILES string of the molecule is CCC(=O)N1CCN(c2nc3c(s2)CC(C(=O)Nc2ccccc2C)CC3)CC1. The average Bonchev–Trinajstić information content (AvgIpc) is 3.18. The van der Waals surface area contributed by atoms with Crippen LogP contribution in [0, 0.1) is 12.8 Å². The van der Waals surface area contributed by atoms with Crippen molar-refractivity contribution < 1.29 is 9.59 Å². The summed E-state index contributed by atoms with van der Waals surface area (Å²) in [4.78, 5) is 35.0. The minimum atomic E-state index is -0.00516. The first-order chi connectivity index (χ1) is 14.0. The summed E-state index contributed by atoms with van der Waals surface area (Å²) < 4.78 is 0. The molecule has 4 rings (SSSR count). The number of rotatable bonds is 4. The number of carbonyl (C=O) groups excluding carboxylic acids is 2. The average molecular weight is 413 g/mol. The van der Waals surface area contributed by atoms with Crippen molar-refractivity contribution in [3.63, 3.8) is 0 Å². The third-order valence-electron chi connectivity index (χ3n) is 5.91. The van der Waals surface area contributed by atoms with Crippen LogP contribution in [0.3, 0.4) is 0 Å². The number of aryl methyl sites for hydroxylation is 2. The topological polar surface area (TPSA) is 65.5 Å². The lowest BCUT2D eigenvalue weighted by Gasteiger charge is -2.34. The molecule has 1 atom stereocenters. The Morgan fingerprint density at radius 3 is 2.69 bits per heavy atom. The van der Waals surface area contributed by atoms with Crippen LogP contribution in [0.4, 0.5) is 10.8 Å². The van der Waals surface area contributed by atoms with E-state index < -0.39 is 0 Å². The predicted octanol–water partition coefficient (Wildman–Crippen LogP) is 3.25. The van der Waals surface area contributed by atoms with E-state index in [1.54, 1.807) is 11.3 Å². The van der Waals surface area contributed by atoms with Crippen molar-refractivity contribution in [2.75, 3.05) is 36.4 Å². The number of carbonyl (C=O) groups is 2. The molecule has 1 N–H and O–H groups in total. The highest BCUT2D eigenvalue weighted by Gasteiger charge is 2.29. The Balaban J connectivity index is 1.38. The Labute approximate surface area is 175 Å². The van der Waals surface area contributed by atoms with E-state index in [1.165, 1.54) is 4.88 Å². The predicted molar refractivity (Wildman–Crippen MR) is 117 cm³/mol. The third-order valence-corrected chi connectivity index (χ3v) is 7.09. The number of amides is 2. The van der Waals surface area contributed by atoms with Gasteiger partial charge in [-0.15, -0.1) is 11.3 Å². The molecule has 7 heteroatoms. The second-order valence-electron chi connectivity index (χ2n) is 7.83. The molecule has 2 aromatic rings. The standard InChI is InChI=1S/C22H28N4O2S/c1-3-20(27)25-10-12-26(13-11-25)22-24-18-9-8-16(14-19(18)29-22)21(28)23-17-7-5-4-6-15(17)2/h4-7,16H,3,8-14H2,1-2H3,(H,23,28). The van der Waals surface area contributed by atoms with Gasteiger partial charge in [0.2, 0.25) is 11.8 Å². The van der Waals surface area contributed by atoms with Gasteiger partial charge in [0.25, 0.3) is 0 Å². The summed E-state index contributed by atoms with van der Waals surface area (Å²) in [5.74, 6) is 0.326. The minimum absolute atomic E-state index is 0.00516. The molecule has 29 heavy (non-hydrogen) atoms. The highest BCUT2D eigenvalue weighted by molar-refractivity contribution is 7.15. The molecule has 1 aliphatic heterocycles. The first kappa shape index (κ1) is 19.9. The number of hydrogen-bond donors (Lipinski definition) is 1. The molecule has 2 heterocycles. The van der Waals surface area contributed by atoms with Gasteiger partial charge in [0.05, 0.1) is 5.69 Å². The van der Waals surface area contributed by atoms with Gasteiger partial charge in [-0.05, 0) is 37.8 Å². The summed E-state index contributed by atoms with van der Waals surface area (Å²) in [5.41, 5.74) is 3.13. The molecule has 1 unspecified atom stereocenters. The van der Waals surface area contributed by atoms with Gasteiger partial charge in [0, 0.05) is 49.1 Å².